The van der Waals surface area contributed by atoms with Gasteiger partial charge in [-0.25, -0.2) is 0 Å². The second kappa shape index (κ2) is 6.50. The fourth-order valence-electron chi connectivity index (χ4n) is 2.02. The molecule has 1 rings (SSSR count). The van der Waals surface area contributed by atoms with Crippen LogP contribution in [0.4, 0.5) is 5.69 Å². The summed E-state index contributed by atoms with van der Waals surface area (Å²) in [5, 5.41) is 0. The number of hydrogen-bond acceptors (Lipinski definition) is 3. The largest absolute Gasteiger partial charge is 0.497 e. The molecule has 1 atom stereocenters. The van der Waals surface area contributed by atoms with Gasteiger partial charge in [0, 0.05) is 31.4 Å². The van der Waals surface area contributed by atoms with Crippen LogP contribution in [0.3, 0.4) is 0 Å². The van der Waals surface area contributed by atoms with E-state index in [0.29, 0.717) is 12.6 Å². The third-order valence-electron chi connectivity index (χ3n) is 3.26. The minimum atomic E-state index is 0.511. The molecule has 0 spiro atoms. The van der Waals surface area contributed by atoms with Gasteiger partial charge in [-0.15, -0.1) is 0 Å². The third kappa shape index (κ3) is 3.37. The molecule has 0 fully saturated rings. The predicted molar refractivity (Wildman–Crippen MR) is 73.7 cm³/mol. The summed E-state index contributed by atoms with van der Waals surface area (Å²) in [6, 6.07) is 6.58. The lowest BCUT2D eigenvalue weighted by molar-refractivity contribution is 0.414. The average Bonchev–Trinajstić information content (AvgIpc) is 2.37. The molecule has 0 bridgehead atoms. The van der Waals surface area contributed by atoms with Gasteiger partial charge in [0.1, 0.15) is 5.75 Å². The van der Waals surface area contributed by atoms with Crippen LogP contribution in [-0.4, -0.2) is 20.2 Å². The Balaban J connectivity index is 3.00. The normalized spacial score (nSPS) is 12.3. The Bertz CT molecular complexity index is 352. The smallest absolute Gasteiger partial charge is 0.120 e. The van der Waals surface area contributed by atoms with Crippen molar-refractivity contribution in [3.05, 3.63) is 23.8 Å². The van der Waals surface area contributed by atoms with Gasteiger partial charge in [-0.2, -0.15) is 0 Å². The fourth-order valence-corrected chi connectivity index (χ4v) is 2.02. The number of methoxy groups -OCH3 is 1. The molecule has 1 unspecified atom stereocenters. The molecule has 0 aliphatic heterocycles. The molecule has 0 saturated carbocycles. The van der Waals surface area contributed by atoms with Gasteiger partial charge in [0.25, 0.3) is 0 Å². The summed E-state index contributed by atoms with van der Waals surface area (Å²) in [5.41, 5.74) is 8.12. The molecule has 0 aliphatic carbocycles. The van der Waals surface area contributed by atoms with E-state index in [1.807, 2.05) is 12.1 Å². The first-order valence-electron chi connectivity index (χ1n) is 6.23. The first kappa shape index (κ1) is 13.8. The highest BCUT2D eigenvalue weighted by atomic mass is 16.5. The van der Waals surface area contributed by atoms with Crippen molar-refractivity contribution in [3.8, 4) is 5.75 Å². The molecule has 0 amide bonds. The average molecular weight is 236 g/mol. The summed E-state index contributed by atoms with van der Waals surface area (Å²) in [6.07, 6.45) is 2.37. The number of benzene rings is 1. The van der Waals surface area contributed by atoms with Crippen LogP contribution < -0.4 is 15.4 Å². The van der Waals surface area contributed by atoms with Crippen molar-refractivity contribution in [2.45, 2.75) is 39.3 Å². The number of hydrogen-bond donors (Lipinski definition) is 1. The van der Waals surface area contributed by atoms with Crippen molar-refractivity contribution in [3.63, 3.8) is 0 Å². The number of nitrogens with zero attached hydrogens (tertiary/aromatic N) is 1. The first-order chi connectivity index (χ1) is 8.13. The predicted octanol–water partition coefficient (Wildman–Crippen LogP) is 2.78. The molecule has 0 aromatic heterocycles. The Morgan fingerprint density at radius 3 is 2.65 bits per heavy atom. The van der Waals surface area contributed by atoms with Crippen LogP contribution in [0.25, 0.3) is 0 Å². The standard InChI is InChI=1S/C14H24N2O/c1-5-6-11(2)16(3)14-9-13(17-4)8-7-12(14)10-15/h7-9,11H,5-6,10,15H2,1-4H3. The Hall–Kier alpha value is -1.22. The van der Waals surface area contributed by atoms with Crippen molar-refractivity contribution in [2.75, 3.05) is 19.1 Å². The molecule has 2 N–H and O–H groups in total. The van der Waals surface area contributed by atoms with E-state index in [0.717, 1.165) is 11.3 Å². The van der Waals surface area contributed by atoms with Gasteiger partial charge in [-0.05, 0) is 25.0 Å². The zero-order valence-electron chi connectivity index (χ0n) is 11.4. The van der Waals surface area contributed by atoms with Crippen LogP contribution in [0, 0.1) is 0 Å². The summed E-state index contributed by atoms with van der Waals surface area (Å²) in [5.74, 6) is 0.882. The number of rotatable bonds is 6. The monoisotopic (exact) mass is 236 g/mol. The maximum Gasteiger partial charge on any atom is 0.120 e. The molecule has 0 heterocycles. The van der Waals surface area contributed by atoms with Crippen LogP contribution in [0.15, 0.2) is 18.2 Å². The molecule has 0 radical (unpaired) electrons. The Kier molecular flexibility index (Phi) is 5.29. The number of anilines is 1. The van der Waals surface area contributed by atoms with Crippen molar-refractivity contribution >= 4 is 5.69 Å². The molecule has 0 aliphatic rings. The van der Waals surface area contributed by atoms with Crippen molar-refractivity contribution < 1.29 is 4.74 Å². The number of ether oxygens (including phenoxy) is 1. The van der Waals surface area contributed by atoms with E-state index in [1.165, 1.54) is 18.5 Å². The second-order valence-corrected chi connectivity index (χ2v) is 4.45. The maximum atomic E-state index is 5.79. The van der Waals surface area contributed by atoms with E-state index in [9.17, 15) is 0 Å². The minimum absolute atomic E-state index is 0.511. The van der Waals surface area contributed by atoms with Crippen molar-refractivity contribution in [2.24, 2.45) is 5.73 Å². The molecule has 3 nitrogen and oxygen atoms in total. The van der Waals surface area contributed by atoms with Crippen molar-refractivity contribution in [1.29, 1.82) is 0 Å². The second-order valence-electron chi connectivity index (χ2n) is 4.45. The maximum absolute atomic E-state index is 5.79. The van der Waals surface area contributed by atoms with E-state index in [2.05, 4.69) is 31.9 Å². The van der Waals surface area contributed by atoms with E-state index in [-0.39, 0.29) is 0 Å². The van der Waals surface area contributed by atoms with Crippen LogP contribution in [0.1, 0.15) is 32.3 Å². The number of nitrogens with two attached hydrogens (primary N) is 1. The summed E-state index contributed by atoms with van der Waals surface area (Å²) in [6.45, 7) is 5.01. The summed E-state index contributed by atoms with van der Waals surface area (Å²) in [7, 11) is 3.81. The minimum Gasteiger partial charge on any atom is -0.497 e. The third-order valence-corrected chi connectivity index (χ3v) is 3.26. The Morgan fingerprint density at radius 2 is 2.12 bits per heavy atom. The van der Waals surface area contributed by atoms with E-state index < -0.39 is 0 Å². The van der Waals surface area contributed by atoms with Gasteiger partial charge in [-0.1, -0.05) is 19.4 Å². The molecular weight excluding hydrogens is 212 g/mol. The van der Waals surface area contributed by atoms with Gasteiger partial charge >= 0.3 is 0 Å². The van der Waals surface area contributed by atoms with E-state index in [4.69, 9.17) is 10.5 Å². The summed E-state index contributed by atoms with van der Waals surface area (Å²) >= 11 is 0. The van der Waals surface area contributed by atoms with Crippen molar-refractivity contribution in [1.82, 2.24) is 0 Å². The highest BCUT2D eigenvalue weighted by molar-refractivity contribution is 5.57. The lowest BCUT2D eigenvalue weighted by Gasteiger charge is -2.29. The van der Waals surface area contributed by atoms with Gasteiger partial charge in [-0.3, -0.25) is 0 Å². The summed E-state index contributed by atoms with van der Waals surface area (Å²) < 4.78 is 5.28. The molecule has 96 valence electrons. The van der Waals surface area contributed by atoms with E-state index >= 15 is 0 Å². The van der Waals surface area contributed by atoms with Crippen LogP contribution in [0.2, 0.25) is 0 Å². The van der Waals surface area contributed by atoms with Gasteiger partial charge < -0.3 is 15.4 Å². The molecule has 3 heteroatoms. The molecular formula is C14H24N2O. The van der Waals surface area contributed by atoms with E-state index in [1.54, 1.807) is 7.11 Å². The Morgan fingerprint density at radius 1 is 1.41 bits per heavy atom. The molecule has 0 saturated heterocycles. The zero-order chi connectivity index (χ0) is 12.8. The van der Waals surface area contributed by atoms with Gasteiger partial charge in [0.2, 0.25) is 0 Å². The topological polar surface area (TPSA) is 38.5 Å². The summed E-state index contributed by atoms with van der Waals surface area (Å²) in [4.78, 5) is 2.29. The first-order valence-corrected chi connectivity index (χ1v) is 6.23. The SMILES string of the molecule is CCCC(C)N(C)c1cc(OC)ccc1CN. The zero-order valence-corrected chi connectivity index (χ0v) is 11.4. The lowest BCUT2D eigenvalue weighted by atomic mass is 10.1. The van der Waals surface area contributed by atoms with Crippen LogP contribution in [0.5, 0.6) is 5.75 Å². The molecule has 1 aromatic carbocycles. The molecule has 1 aromatic rings. The Labute approximate surface area is 105 Å². The quantitative estimate of drug-likeness (QED) is 0.825. The highest BCUT2D eigenvalue weighted by Gasteiger charge is 2.13. The van der Waals surface area contributed by atoms with Gasteiger partial charge in [0.05, 0.1) is 7.11 Å². The fraction of sp³-hybridized carbons (Fsp3) is 0.571. The van der Waals surface area contributed by atoms with Crippen LogP contribution in [-0.2, 0) is 6.54 Å². The highest BCUT2D eigenvalue weighted by Crippen LogP contribution is 2.27. The molecule has 17 heavy (non-hydrogen) atoms. The van der Waals surface area contributed by atoms with Crippen LogP contribution >= 0.6 is 0 Å². The lowest BCUT2D eigenvalue weighted by Crippen LogP contribution is -2.29. The van der Waals surface area contributed by atoms with Gasteiger partial charge in [0.15, 0.2) is 0 Å².